The second-order valence-electron chi connectivity index (χ2n) is 7.82. The first-order chi connectivity index (χ1) is 13.2. The Hall–Kier alpha value is -2.54. The summed E-state index contributed by atoms with van der Waals surface area (Å²) < 4.78 is 10.6. The van der Waals surface area contributed by atoms with Crippen LogP contribution < -0.4 is 9.47 Å². The zero-order valence-electron chi connectivity index (χ0n) is 17.0. The molecule has 0 amide bonds. The summed E-state index contributed by atoms with van der Waals surface area (Å²) in [5.74, 6) is 1.93. The zero-order valence-corrected chi connectivity index (χ0v) is 17.8. The molecule has 2 heterocycles. The summed E-state index contributed by atoms with van der Waals surface area (Å²) in [5, 5.41) is 21.7. The highest BCUT2D eigenvalue weighted by Gasteiger charge is 2.31. The van der Waals surface area contributed by atoms with Crippen molar-refractivity contribution >= 4 is 22.7 Å². The summed E-state index contributed by atoms with van der Waals surface area (Å²) >= 11 is 1.48. The maximum Gasteiger partial charge on any atom is 0.160 e. The number of hydrogen-bond donors (Lipinski definition) is 2. The SMILES string of the molecule is COc1ccc(CCN2CC(O)=C(c3nc(C(C)(C)C)cs3)C2=N)cc1OC. The van der Waals surface area contributed by atoms with Gasteiger partial charge in [0.15, 0.2) is 11.5 Å². The third kappa shape index (κ3) is 3.99. The predicted molar refractivity (Wildman–Crippen MR) is 113 cm³/mol. The minimum atomic E-state index is -0.0567. The van der Waals surface area contributed by atoms with Crippen LogP contribution in [0.15, 0.2) is 29.3 Å². The number of nitrogens with one attached hydrogen (secondary N) is 1. The van der Waals surface area contributed by atoms with Crippen molar-refractivity contribution in [2.75, 3.05) is 27.3 Å². The molecule has 0 fully saturated rings. The number of aliphatic hydroxyl groups excluding tert-OH is 1. The molecule has 0 saturated heterocycles. The monoisotopic (exact) mass is 401 g/mol. The maximum absolute atomic E-state index is 10.5. The molecule has 1 aliphatic rings. The molecule has 7 heteroatoms. The van der Waals surface area contributed by atoms with Gasteiger partial charge in [0.05, 0.1) is 32.0 Å². The summed E-state index contributed by atoms with van der Waals surface area (Å²) in [6.07, 6.45) is 0.731. The molecule has 1 aliphatic heterocycles. The van der Waals surface area contributed by atoms with Gasteiger partial charge in [0.2, 0.25) is 0 Å². The van der Waals surface area contributed by atoms with Gasteiger partial charge in [-0.1, -0.05) is 26.8 Å². The number of thiazole rings is 1. The molecule has 0 bridgehead atoms. The lowest BCUT2D eigenvalue weighted by atomic mass is 9.93. The third-order valence-electron chi connectivity index (χ3n) is 4.79. The normalized spacial score (nSPS) is 14.8. The van der Waals surface area contributed by atoms with Crippen molar-refractivity contribution in [3.8, 4) is 11.5 Å². The van der Waals surface area contributed by atoms with Gasteiger partial charge in [0.25, 0.3) is 0 Å². The fourth-order valence-electron chi connectivity index (χ4n) is 3.08. The van der Waals surface area contributed by atoms with Crippen LogP contribution in [0.3, 0.4) is 0 Å². The lowest BCUT2D eigenvalue weighted by molar-refractivity contribution is 0.349. The number of benzene rings is 1. The maximum atomic E-state index is 10.5. The molecule has 0 spiro atoms. The van der Waals surface area contributed by atoms with E-state index in [4.69, 9.17) is 14.9 Å². The first-order valence-electron chi connectivity index (χ1n) is 9.18. The van der Waals surface area contributed by atoms with E-state index >= 15 is 0 Å². The van der Waals surface area contributed by atoms with Crippen molar-refractivity contribution in [3.05, 3.63) is 45.6 Å². The van der Waals surface area contributed by atoms with Gasteiger partial charge in [-0.2, -0.15) is 0 Å². The number of nitrogens with zero attached hydrogens (tertiary/aromatic N) is 2. The molecule has 3 rings (SSSR count). The Kier molecular flexibility index (Phi) is 5.65. The molecule has 1 aromatic heterocycles. The lowest BCUT2D eigenvalue weighted by Gasteiger charge is -2.19. The average molecular weight is 402 g/mol. The van der Waals surface area contributed by atoms with E-state index in [1.54, 1.807) is 14.2 Å². The van der Waals surface area contributed by atoms with Crippen molar-refractivity contribution in [3.63, 3.8) is 0 Å². The molecule has 0 saturated carbocycles. The standard InChI is InChI=1S/C21H27N3O3S/c1-21(2,3)17-12-28-20(23-17)18-14(25)11-24(19(18)22)9-8-13-6-7-15(26-4)16(10-13)27-5/h6-7,10,12,22,25H,8-9,11H2,1-5H3. The quantitative estimate of drug-likeness (QED) is 0.756. The molecule has 6 nitrogen and oxygen atoms in total. The molecule has 2 aromatic rings. The van der Waals surface area contributed by atoms with Gasteiger partial charge >= 0.3 is 0 Å². The van der Waals surface area contributed by atoms with Crippen LogP contribution in [0.25, 0.3) is 5.57 Å². The molecule has 0 radical (unpaired) electrons. The van der Waals surface area contributed by atoms with Gasteiger partial charge in [0.1, 0.15) is 16.6 Å². The number of hydrogen-bond acceptors (Lipinski definition) is 6. The van der Waals surface area contributed by atoms with Crippen molar-refractivity contribution in [1.29, 1.82) is 5.41 Å². The van der Waals surface area contributed by atoms with Crippen LogP contribution in [-0.4, -0.2) is 48.1 Å². The van der Waals surface area contributed by atoms with E-state index in [9.17, 15) is 5.11 Å². The van der Waals surface area contributed by atoms with Gasteiger partial charge in [-0.25, -0.2) is 4.98 Å². The van der Waals surface area contributed by atoms with Crippen LogP contribution in [0.5, 0.6) is 11.5 Å². The van der Waals surface area contributed by atoms with Gasteiger partial charge in [-0.3, -0.25) is 5.41 Å². The smallest absolute Gasteiger partial charge is 0.160 e. The number of amidine groups is 1. The highest BCUT2D eigenvalue weighted by atomic mass is 32.1. The van der Waals surface area contributed by atoms with Crippen LogP contribution >= 0.6 is 11.3 Å². The van der Waals surface area contributed by atoms with Gasteiger partial charge < -0.3 is 19.5 Å². The second-order valence-corrected chi connectivity index (χ2v) is 8.68. The average Bonchev–Trinajstić information content (AvgIpc) is 3.24. The van der Waals surface area contributed by atoms with E-state index in [-0.39, 0.29) is 11.2 Å². The molecular formula is C21H27N3O3S. The van der Waals surface area contributed by atoms with Gasteiger partial charge in [0, 0.05) is 17.3 Å². The molecule has 0 atom stereocenters. The summed E-state index contributed by atoms with van der Waals surface area (Å²) in [6, 6.07) is 5.82. The van der Waals surface area contributed by atoms with Crippen LogP contribution in [0.2, 0.25) is 0 Å². The Labute approximate surface area is 169 Å². The Bertz CT molecular complexity index is 912. The topological polar surface area (TPSA) is 78.7 Å². The second kappa shape index (κ2) is 7.83. The number of aliphatic hydroxyl groups is 1. The molecular weight excluding hydrogens is 374 g/mol. The summed E-state index contributed by atoms with van der Waals surface area (Å²) in [7, 11) is 3.23. The van der Waals surface area contributed by atoms with E-state index in [1.165, 1.54) is 11.3 Å². The molecule has 1 aromatic carbocycles. The minimum absolute atomic E-state index is 0.0567. The molecule has 0 aliphatic carbocycles. The summed E-state index contributed by atoms with van der Waals surface area (Å²) in [5.41, 5.74) is 2.55. The van der Waals surface area contributed by atoms with Crippen LogP contribution in [-0.2, 0) is 11.8 Å². The van der Waals surface area contributed by atoms with E-state index in [0.29, 0.717) is 41.0 Å². The first kappa shape index (κ1) is 20.2. The Balaban J connectivity index is 1.70. The van der Waals surface area contributed by atoms with E-state index in [1.807, 2.05) is 28.5 Å². The van der Waals surface area contributed by atoms with E-state index in [0.717, 1.165) is 17.7 Å². The van der Waals surface area contributed by atoms with Crippen molar-refractivity contribution in [2.45, 2.75) is 32.6 Å². The predicted octanol–water partition coefficient (Wildman–Crippen LogP) is 4.26. The summed E-state index contributed by atoms with van der Waals surface area (Å²) in [4.78, 5) is 6.54. The van der Waals surface area contributed by atoms with Gasteiger partial charge in [-0.15, -0.1) is 11.3 Å². The highest BCUT2D eigenvalue weighted by molar-refractivity contribution is 7.11. The number of methoxy groups -OCH3 is 2. The molecule has 28 heavy (non-hydrogen) atoms. The van der Waals surface area contributed by atoms with Crippen LogP contribution in [0.4, 0.5) is 0 Å². The number of rotatable bonds is 6. The summed E-state index contributed by atoms with van der Waals surface area (Å²) in [6.45, 7) is 7.28. The zero-order chi connectivity index (χ0) is 20.5. The van der Waals surface area contributed by atoms with E-state index < -0.39 is 0 Å². The first-order valence-corrected chi connectivity index (χ1v) is 10.1. The Morgan fingerprint density at radius 3 is 2.54 bits per heavy atom. The van der Waals surface area contributed by atoms with E-state index in [2.05, 4.69) is 25.8 Å². The van der Waals surface area contributed by atoms with Crippen molar-refractivity contribution in [2.24, 2.45) is 0 Å². The molecule has 150 valence electrons. The lowest BCUT2D eigenvalue weighted by Crippen LogP contribution is -2.28. The van der Waals surface area contributed by atoms with Gasteiger partial charge in [-0.05, 0) is 24.1 Å². The van der Waals surface area contributed by atoms with Crippen LogP contribution in [0.1, 0.15) is 37.0 Å². The van der Waals surface area contributed by atoms with Crippen LogP contribution in [0, 0.1) is 5.41 Å². The van der Waals surface area contributed by atoms with Crippen molar-refractivity contribution in [1.82, 2.24) is 9.88 Å². The number of ether oxygens (including phenoxy) is 2. The molecule has 0 unspecified atom stereocenters. The minimum Gasteiger partial charge on any atom is -0.510 e. The van der Waals surface area contributed by atoms with Crippen molar-refractivity contribution < 1.29 is 14.6 Å². The number of aromatic nitrogens is 1. The highest BCUT2D eigenvalue weighted by Crippen LogP contribution is 2.33. The fourth-order valence-corrected chi connectivity index (χ4v) is 4.20. The molecule has 2 N–H and O–H groups in total. The largest absolute Gasteiger partial charge is 0.510 e. The Morgan fingerprint density at radius 2 is 1.93 bits per heavy atom. The Morgan fingerprint density at radius 1 is 1.21 bits per heavy atom. The third-order valence-corrected chi connectivity index (χ3v) is 5.65. The fraction of sp³-hybridized carbons (Fsp3) is 0.429.